The van der Waals surface area contributed by atoms with Gasteiger partial charge < -0.3 is 15.5 Å². The molecule has 3 fully saturated rings. The summed E-state index contributed by atoms with van der Waals surface area (Å²) < 4.78 is 0. The smallest absolute Gasteiger partial charge is 0.222 e. The topological polar surface area (TPSA) is 56.7 Å². The first-order valence-electron chi connectivity index (χ1n) is 10.0. The number of nitrogens with one attached hydrogen (secondary N) is 2. The zero-order chi connectivity index (χ0) is 16.8. The van der Waals surface area contributed by atoms with E-state index < -0.39 is 0 Å². The second kappa shape index (κ2) is 8.21. The number of nitrogens with zero attached hydrogens (tertiary/aromatic N) is 2. The summed E-state index contributed by atoms with van der Waals surface area (Å²) in [5.74, 6) is 1.17. The van der Waals surface area contributed by atoms with Crippen LogP contribution >= 0.6 is 0 Å². The molecule has 0 aromatic heterocycles. The van der Waals surface area contributed by atoms with E-state index in [0.717, 1.165) is 38.4 Å². The number of hydrogen-bond donors (Lipinski definition) is 2. The number of aliphatic imine (C=N–C) groups is 1. The number of carbonyl (C=O) groups is 1. The molecule has 0 radical (unpaired) electrons. The van der Waals surface area contributed by atoms with Gasteiger partial charge in [-0.3, -0.25) is 9.79 Å². The van der Waals surface area contributed by atoms with E-state index in [4.69, 9.17) is 4.99 Å². The third kappa shape index (κ3) is 4.42. The Hall–Kier alpha value is -1.26. The summed E-state index contributed by atoms with van der Waals surface area (Å²) in [5.41, 5.74) is 0.578. The molecule has 2 N–H and O–H groups in total. The maximum atomic E-state index is 12.1. The minimum atomic E-state index is 0.165. The van der Waals surface area contributed by atoms with E-state index in [-0.39, 0.29) is 5.91 Å². The number of guanidine groups is 1. The summed E-state index contributed by atoms with van der Waals surface area (Å²) in [7, 11) is 0. The zero-order valence-corrected chi connectivity index (χ0v) is 15.3. The highest BCUT2D eigenvalue weighted by molar-refractivity contribution is 5.81. The molecule has 5 nitrogen and oxygen atoms in total. The van der Waals surface area contributed by atoms with Gasteiger partial charge in [0.05, 0.1) is 6.54 Å². The fraction of sp³-hybridized carbons (Fsp3) is 0.895. The molecular formula is C19H34N4O. The Morgan fingerprint density at radius 3 is 2.58 bits per heavy atom. The predicted molar refractivity (Wildman–Crippen MR) is 98.1 cm³/mol. The van der Waals surface area contributed by atoms with E-state index in [2.05, 4.69) is 22.5 Å². The molecule has 1 aliphatic heterocycles. The van der Waals surface area contributed by atoms with Gasteiger partial charge in [-0.25, -0.2) is 0 Å². The van der Waals surface area contributed by atoms with Gasteiger partial charge >= 0.3 is 0 Å². The molecule has 2 saturated carbocycles. The first-order chi connectivity index (χ1) is 11.7. The summed E-state index contributed by atoms with van der Waals surface area (Å²) in [6, 6.07) is 0.403. The maximum Gasteiger partial charge on any atom is 0.222 e. The van der Waals surface area contributed by atoms with Crippen molar-refractivity contribution in [3.8, 4) is 0 Å². The van der Waals surface area contributed by atoms with Crippen LogP contribution in [0.1, 0.15) is 71.1 Å². The number of amides is 1. The molecule has 136 valence electrons. The van der Waals surface area contributed by atoms with Gasteiger partial charge in [0.1, 0.15) is 0 Å². The molecule has 2 aliphatic carbocycles. The molecule has 0 aromatic rings. The molecule has 3 rings (SSSR count). The highest BCUT2D eigenvalue weighted by atomic mass is 16.1. The summed E-state index contributed by atoms with van der Waals surface area (Å²) in [4.78, 5) is 19.2. The van der Waals surface area contributed by atoms with Crippen molar-refractivity contribution in [1.29, 1.82) is 0 Å². The van der Waals surface area contributed by atoms with Crippen LogP contribution in [0.5, 0.6) is 0 Å². The maximum absolute atomic E-state index is 12.1. The van der Waals surface area contributed by atoms with E-state index in [9.17, 15) is 4.79 Å². The predicted octanol–water partition coefficient (Wildman–Crippen LogP) is 2.67. The Morgan fingerprint density at radius 1 is 1.17 bits per heavy atom. The number of likely N-dealkylation sites (tertiary alicyclic amines) is 1. The van der Waals surface area contributed by atoms with Crippen LogP contribution < -0.4 is 10.6 Å². The second-order valence-corrected chi connectivity index (χ2v) is 7.91. The van der Waals surface area contributed by atoms with Crippen LogP contribution in [0.15, 0.2) is 4.99 Å². The SMILES string of the molecule is CCNC(=NCCC(=O)NC1CCCCC1)N1CCC2(CCC2)C1. The minimum Gasteiger partial charge on any atom is -0.357 e. The lowest BCUT2D eigenvalue weighted by Gasteiger charge is -2.38. The molecule has 1 saturated heterocycles. The summed E-state index contributed by atoms with van der Waals surface area (Å²) in [6.45, 7) is 5.84. The highest BCUT2D eigenvalue weighted by Gasteiger charge is 2.43. The Kier molecular flexibility index (Phi) is 6.01. The van der Waals surface area contributed by atoms with Crippen molar-refractivity contribution < 1.29 is 4.79 Å². The molecule has 0 atom stereocenters. The average molecular weight is 335 g/mol. The van der Waals surface area contributed by atoms with Gasteiger partial charge in [-0.1, -0.05) is 25.7 Å². The molecule has 3 aliphatic rings. The summed E-state index contributed by atoms with van der Waals surface area (Å²) >= 11 is 0. The number of hydrogen-bond acceptors (Lipinski definition) is 2. The van der Waals surface area contributed by atoms with Crippen LogP contribution in [-0.2, 0) is 4.79 Å². The zero-order valence-electron chi connectivity index (χ0n) is 15.3. The molecule has 1 amide bonds. The van der Waals surface area contributed by atoms with Crippen molar-refractivity contribution in [2.75, 3.05) is 26.2 Å². The van der Waals surface area contributed by atoms with Gasteiger partial charge in [0.2, 0.25) is 5.91 Å². The molecule has 24 heavy (non-hydrogen) atoms. The van der Waals surface area contributed by atoms with Crippen LogP contribution in [0.2, 0.25) is 0 Å². The van der Waals surface area contributed by atoms with E-state index >= 15 is 0 Å². The van der Waals surface area contributed by atoms with Crippen molar-refractivity contribution in [2.24, 2.45) is 10.4 Å². The van der Waals surface area contributed by atoms with Crippen LogP contribution in [0, 0.1) is 5.41 Å². The molecule has 0 unspecified atom stereocenters. The molecule has 1 spiro atoms. The molecule has 5 heteroatoms. The second-order valence-electron chi connectivity index (χ2n) is 7.91. The monoisotopic (exact) mass is 334 g/mol. The summed E-state index contributed by atoms with van der Waals surface area (Å²) in [6.07, 6.45) is 12.1. The van der Waals surface area contributed by atoms with Crippen molar-refractivity contribution in [1.82, 2.24) is 15.5 Å². The fourth-order valence-electron chi connectivity index (χ4n) is 4.44. The molecule has 1 heterocycles. The highest BCUT2D eigenvalue weighted by Crippen LogP contribution is 2.47. The van der Waals surface area contributed by atoms with Crippen LogP contribution in [0.3, 0.4) is 0 Å². The quantitative estimate of drug-likeness (QED) is 0.600. The average Bonchev–Trinajstić information content (AvgIpc) is 3.01. The lowest BCUT2D eigenvalue weighted by atomic mass is 9.68. The van der Waals surface area contributed by atoms with Gasteiger partial charge in [-0.15, -0.1) is 0 Å². The number of carbonyl (C=O) groups excluding carboxylic acids is 1. The van der Waals surface area contributed by atoms with Crippen LogP contribution in [-0.4, -0.2) is 49.0 Å². The lowest BCUT2D eigenvalue weighted by Crippen LogP contribution is -2.42. The Balaban J connectivity index is 1.44. The van der Waals surface area contributed by atoms with E-state index in [1.165, 1.54) is 44.9 Å². The molecule has 0 bridgehead atoms. The van der Waals surface area contributed by atoms with Gasteiger partial charge in [-0.05, 0) is 44.4 Å². The van der Waals surface area contributed by atoms with Gasteiger partial charge in [-0.2, -0.15) is 0 Å². The first kappa shape index (κ1) is 17.6. The Morgan fingerprint density at radius 2 is 1.96 bits per heavy atom. The number of rotatable bonds is 5. The normalized spacial score (nSPS) is 24.0. The van der Waals surface area contributed by atoms with E-state index in [0.29, 0.717) is 24.4 Å². The fourth-order valence-corrected chi connectivity index (χ4v) is 4.44. The van der Waals surface area contributed by atoms with Crippen molar-refractivity contribution >= 4 is 11.9 Å². The Bertz CT molecular complexity index is 452. The van der Waals surface area contributed by atoms with Gasteiger partial charge in [0.25, 0.3) is 0 Å². The van der Waals surface area contributed by atoms with Crippen LogP contribution in [0.25, 0.3) is 0 Å². The Labute approximate surface area is 146 Å². The van der Waals surface area contributed by atoms with Crippen molar-refractivity contribution in [3.63, 3.8) is 0 Å². The van der Waals surface area contributed by atoms with Gasteiger partial charge in [0, 0.05) is 32.1 Å². The lowest BCUT2D eigenvalue weighted by molar-refractivity contribution is -0.121. The molecular weight excluding hydrogens is 300 g/mol. The third-order valence-corrected chi connectivity index (χ3v) is 6.06. The van der Waals surface area contributed by atoms with Crippen molar-refractivity contribution in [2.45, 2.75) is 77.2 Å². The standard InChI is InChI=1S/C19H34N4O/c1-2-20-18(23-14-12-19(15-23)10-6-11-19)21-13-9-17(24)22-16-7-4-3-5-8-16/h16H,2-15H2,1H3,(H,20,21)(H,22,24). The summed E-state index contributed by atoms with van der Waals surface area (Å²) in [5, 5.41) is 6.59. The van der Waals surface area contributed by atoms with E-state index in [1.54, 1.807) is 0 Å². The van der Waals surface area contributed by atoms with Crippen molar-refractivity contribution in [3.05, 3.63) is 0 Å². The largest absolute Gasteiger partial charge is 0.357 e. The minimum absolute atomic E-state index is 0.165. The molecule has 0 aromatic carbocycles. The van der Waals surface area contributed by atoms with Crippen LogP contribution in [0.4, 0.5) is 0 Å². The first-order valence-corrected chi connectivity index (χ1v) is 10.0. The van der Waals surface area contributed by atoms with E-state index in [1.807, 2.05) is 0 Å². The van der Waals surface area contributed by atoms with Gasteiger partial charge in [0.15, 0.2) is 5.96 Å². The third-order valence-electron chi connectivity index (χ3n) is 6.06.